The number of rotatable bonds is 5. The Morgan fingerprint density at radius 2 is 1.64 bits per heavy atom. The van der Waals surface area contributed by atoms with E-state index in [4.69, 9.17) is 21.7 Å². The normalized spacial score (nSPS) is 15.5. The van der Waals surface area contributed by atoms with Gasteiger partial charge < -0.3 is 9.47 Å². The van der Waals surface area contributed by atoms with Crippen LogP contribution in [0, 0.1) is 0 Å². The Balaban J connectivity index is 1.60. The number of ether oxygens (including phenoxy) is 2. The molecule has 7 heteroatoms. The predicted molar refractivity (Wildman–Crippen MR) is 115 cm³/mol. The number of likely N-dealkylation sites (N-methyl/N-ethyl adjacent to an activating group) is 1. The van der Waals surface area contributed by atoms with Crippen molar-refractivity contribution in [3.05, 3.63) is 70.6 Å². The van der Waals surface area contributed by atoms with Gasteiger partial charge in [-0.2, -0.15) is 0 Å². The minimum absolute atomic E-state index is 0.117. The monoisotopic (exact) mass is 411 g/mol. The van der Waals surface area contributed by atoms with Crippen LogP contribution in [0.2, 0.25) is 0 Å². The first kappa shape index (κ1) is 19.9. The van der Waals surface area contributed by atoms with Gasteiger partial charge in [-0.15, -0.1) is 0 Å². The van der Waals surface area contributed by atoms with E-state index >= 15 is 0 Å². The molecular weight excluding hydrogens is 394 g/mol. The molecule has 0 N–H and O–H groups in total. The Morgan fingerprint density at radius 1 is 1.04 bits per heavy atom. The molecule has 0 spiro atoms. The van der Waals surface area contributed by atoms with Gasteiger partial charge in [-0.1, -0.05) is 48.2 Å². The van der Waals surface area contributed by atoms with Crippen LogP contribution in [-0.2, 0) is 9.59 Å². The van der Waals surface area contributed by atoms with Gasteiger partial charge in [0, 0.05) is 13.1 Å². The van der Waals surface area contributed by atoms with Crippen molar-refractivity contribution in [1.29, 1.82) is 0 Å². The van der Waals surface area contributed by atoms with Gasteiger partial charge in [0.25, 0.3) is 5.91 Å². The Labute approximate surface area is 172 Å². The van der Waals surface area contributed by atoms with Gasteiger partial charge in [-0.05, 0) is 47.5 Å². The fraction of sp³-hybridized carbons (Fsp3) is 0.0952. The summed E-state index contributed by atoms with van der Waals surface area (Å²) < 4.78 is 10.9. The van der Waals surface area contributed by atoms with Crippen molar-refractivity contribution in [3.63, 3.8) is 0 Å². The molecule has 1 aliphatic rings. The molecule has 3 rings (SSSR count). The maximum Gasteiger partial charge on any atom is 0.336 e. The lowest BCUT2D eigenvalue weighted by molar-refractivity contribution is -0.129. The predicted octanol–water partition coefficient (Wildman–Crippen LogP) is 4.15. The molecule has 2 aromatic carbocycles. The van der Waals surface area contributed by atoms with Crippen LogP contribution in [0.1, 0.15) is 11.1 Å². The number of esters is 1. The quantitative estimate of drug-likeness (QED) is 0.319. The van der Waals surface area contributed by atoms with E-state index in [2.05, 4.69) is 0 Å². The van der Waals surface area contributed by atoms with Crippen LogP contribution in [-0.4, -0.2) is 35.3 Å². The molecule has 5 nitrogen and oxygen atoms in total. The SMILES string of the molecule is COc1ccc(/C=C/C(=O)Oc2ccc(/C=C3\SC(=S)N(C)C3=O)cc2)cc1. The summed E-state index contributed by atoms with van der Waals surface area (Å²) in [6, 6.07) is 14.2. The third kappa shape index (κ3) is 4.88. The van der Waals surface area contributed by atoms with E-state index in [1.165, 1.54) is 22.7 Å². The highest BCUT2D eigenvalue weighted by Gasteiger charge is 2.28. The molecule has 142 valence electrons. The zero-order chi connectivity index (χ0) is 20.1. The van der Waals surface area contributed by atoms with E-state index in [9.17, 15) is 9.59 Å². The van der Waals surface area contributed by atoms with E-state index in [1.807, 2.05) is 24.3 Å². The van der Waals surface area contributed by atoms with Gasteiger partial charge in [-0.3, -0.25) is 9.69 Å². The highest BCUT2D eigenvalue weighted by atomic mass is 32.2. The van der Waals surface area contributed by atoms with Crippen molar-refractivity contribution in [3.8, 4) is 11.5 Å². The molecule has 0 aromatic heterocycles. The largest absolute Gasteiger partial charge is 0.497 e. The minimum Gasteiger partial charge on any atom is -0.497 e. The highest BCUT2D eigenvalue weighted by molar-refractivity contribution is 8.26. The lowest BCUT2D eigenvalue weighted by Crippen LogP contribution is -2.22. The van der Waals surface area contributed by atoms with Crippen molar-refractivity contribution in [2.24, 2.45) is 0 Å². The first-order valence-electron chi connectivity index (χ1n) is 8.32. The van der Waals surface area contributed by atoms with E-state index in [1.54, 1.807) is 50.6 Å². The van der Waals surface area contributed by atoms with Gasteiger partial charge >= 0.3 is 5.97 Å². The molecule has 2 aromatic rings. The average molecular weight is 412 g/mol. The summed E-state index contributed by atoms with van der Waals surface area (Å²) in [7, 11) is 3.25. The lowest BCUT2D eigenvalue weighted by Gasteiger charge is -2.04. The summed E-state index contributed by atoms with van der Waals surface area (Å²) in [5.74, 6) is 0.579. The molecule has 28 heavy (non-hydrogen) atoms. The third-order valence-corrected chi connectivity index (χ3v) is 5.40. The summed E-state index contributed by atoms with van der Waals surface area (Å²) in [6.45, 7) is 0. The van der Waals surface area contributed by atoms with Crippen LogP contribution in [0.25, 0.3) is 12.2 Å². The van der Waals surface area contributed by atoms with Crippen molar-refractivity contribution < 1.29 is 19.1 Å². The smallest absolute Gasteiger partial charge is 0.336 e. The summed E-state index contributed by atoms with van der Waals surface area (Å²) in [5, 5.41) is 0. The number of hydrogen-bond donors (Lipinski definition) is 0. The molecule has 0 aliphatic carbocycles. The number of amides is 1. The molecule has 1 aliphatic heterocycles. The zero-order valence-electron chi connectivity index (χ0n) is 15.2. The number of thioether (sulfide) groups is 1. The molecule has 1 heterocycles. The Kier molecular flexibility index (Phi) is 6.28. The molecule has 0 saturated carbocycles. The molecule has 0 radical (unpaired) electrons. The second-order valence-corrected chi connectivity index (χ2v) is 7.51. The number of methoxy groups -OCH3 is 1. The Bertz CT molecular complexity index is 963. The highest BCUT2D eigenvalue weighted by Crippen LogP contribution is 2.31. The third-order valence-electron chi connectivity index (χ3n) is 3.91. The molecule has 1 amide bonds. The first-order chi connectivity index (χ1) is 13.5. The molecule has 0 bridgehead atoms. The summed E-state index contributed by atoms with van der Waals surface area (Å²) >= 11 is 6.37. The first-order valence-corrected chi connectivity index (χ1v) is 9.54. The molecule has 0 unspecified atom stereocenters. The number of benzene rings is 2. The number of nitrogens with zero attached hydrogens (tertiary/aromatic N) is 1. The molecule has 1 fully saturated rings. The molecular formula is C21H17NO4S2. The fourth-order valence-electron chi connectivity index (χ4n) is 2.36. The van der Waals surface area contributed by atoms with Gasteiger partial charge in [0.1, 0.15) is 15.8 Å². The maximum atomic E-state index is 12.0. The van der Waals surface area contributed by atoms with Gasteiger partial charge in [0.2, 0.25) is 0 Å². The van der Waals surface area contributed by atoms with Crippen LogP contribution in [0.15, 0.2) is 59.5 Å². The van der Waals surface area contributed by atoms with Crippen molar-refractivity contribution in [1.82, 2.24) is 4.90 Å². The van der Waals surface area contributed by atoms with Gasteiger partial charge in [0.05, 0.1) is 12.0 Å². The van der Waals surface area contributed by atoms with Crippen LogP contribution in [0.3, 0.4) is 0 Å². The van der Waals surface area contributed by atoms with Crippen molar-refractivity contribution in [2.45, 2.75) is 0 Å². The Morgan fingerprint density at radius 3 is 2.21 bits per heavy atom. The van der Waals surface area contributed by atoms with Crippen LogP contribution >= 0.6 is 24.0 Å². The average Bonchev–Trinajstić information content (AvgIpc) is 2.95. The molecule has 1 saturated heterocycles. The number of thiocarbonyl (C=S) groups is 1. The van der Waals surface area contributed by atoms with E-state index < -0.39 is 5.97 Å². The standard InChI is InChI=1S/C21H17NO4S2/c1-22-20(24)18(28-21(22)27)13-15-5-10-17(11-6-15)26-19(23)12-7-14-3-8-16(25-2)9-4-14/h3-13H,1-2H3/b12-7+,18-13-. The number of hydrogen-bond acceptors (Lipinski definition) is 6. The van der Waals surface area contributed by atoms with E-state index in [0.29, 0.717) is 15.0 Å². The number of carbonyl (C=O) groups excluding carboxylic acids is 2. The maximum absolute atomic E-state index is 12.0. The molecule has 0 atom stereocenters. The van der Waals surface area contributed by atoms with Crippen LogP contribution < -0.4 is 9.47 Å². The van der Waals surface area contributed by atoms with Gasteiger partial charge in [0.15, 0.2) is 0 Å². The second kappa shape index (κ2) is 8.86. The van der Waals surface area contributed by atoms with E-state index in [-0.39, 0.29) is 5.91 Å². The van der Waals surface area contributed by atoms with Crippen molar-refractivity contribution in [2.75, 3.05) is 14.2 Å². The van der Waals surface area contributed by atoms with Crippen LogP contribution in [0.5, 0.6) is 11.5 Å². The summed E-state index contributed by atoms with van der Waals surface area (Å²) in [5.41, 5.74) is 1.68. The summed E-state index contributed by atoms with van der Waals surface area (Å²) in [4.78, 5) is 26.0. The second-order valence-electron chi connectivity index (χ2n) is 5.84. The topological polar surface area (TPSA) is 55.8 Å². The van der Waals surface area contributed by atoms with Crippen LogP contribution in [0.4, 0.5) is 0 Å². The van der Waals surface area contributed by atoms with E-state index in [0.717, 1.165) is 16.9 Å². The van der Waals surface area contributed by atoms with Crippen molar-refractivity contribution >= 4 is 52.3 Å². The summed E-state index contributed by atoms with van der Waals surface area (Å²) in [6.07, 6.45) is 4.79. The Hall–Kier alpha value is -2.90. The zero-order valence-corrected chi connectivity index (χ0v) is 16.9. The minimum atomic E-state index is -0.476. The fourth-order valence-corrected chi connectivity index (χ4v) is 3.54. The number of carbonyl (C=O) groups is 2. The van der Waals surface area contributed by atoms with Gasteiger partial charge in [-0.25, -0.2) is 4.79 Å². The lowest BCUT2D eigenvalue weighted by atomic mass is 10.2.